The van der Waals surface area contributed by atoms with E-state index in [4.69, 9.17) is 28.7 Å². The highest BCUT2D eigenvalue weighted by atomic mass is 32.1. The van der Waals surface area contributed by atoms with E-state index in [1.807, 2.05) is 18.2 Å². The molecular weight excluding hydrogens is 376 g/mol. The Balaban J connectivity index is 1.78. The number of carbonyl (C=O) groups excluding carboxylic acids is 1. The minimum Gasteiger partial charge on any atom is -0.369 e. The van der Waals surface area contributed by atoms with Crippen molar-refractivity contribution in [3.05, 3.63) is 40.7 Å². The number of nitrogens with two attached hydrogens (primary N) is 2. The van der Waals surface area contributed by atoms with E-state index in [0.717, 1.165) is 41.9 Å². The summed E-state index contributed by atoms with van der Waals surface area (Å²) in [6.07, 6.45) is 4.74. The summed E-state index contributed by atoms with van der Waals surface area (Å²) in [4.78, 5) is 17.8. The quantitative estimate of drug-likeness (QED) is 0.688. The van der Waals surface area contributed by atoms with E-state index in [-0.39, 0.29) is 23.4 Å². The zero-order valence-corrected chi connectivity index (χ0v) is 16.7. The molecule has 1 saturated carbocycles. The molecule has 1 aromatic heterocycles. The molecule has 27 heavy (non-hydrogen) atoms. The molecule has 5 nitrogen and oxygen atoms in total. The second kappa shape index (κ2) is 7.30. The Kier molecular flexibility index (Phi) is 5.01. The maximum atomic E-state index is 12.4. The molecule has 1 spiro atoms. The van der Waals surface area contributed by atoms with Crippen molar-refractivity contribution in [1.82, 2.24) is 10.3 Å². The van der Waals surface area contributed by atoms with Crippen LogP contribution in [0.3, 0.4) is 0 Å². The van der Waals surface area contributed by atoms with Crippen LogP contribution in [0.4, 0.5) is 0 Å². The SMILES string of the molecule is NC(=O)C1C(=S)NC(N)C(c2nc(-c3ccccc3)cs2)C12CCCCC2. The lowest BCUT2D eigenvalue weighted by molar-refractivity contribution is -0.125. The van der Waals surface area contributed by atoms with Crippen molar-refractivity contribution < 1.29 is 4.79 Å². The predicted octanol–water partition coefficient (Wildman–Crippen LogP) is 3.16. The maximum absolute atomic E-state index is 12.4. The molecule has 142 valence electrons. The van der Waals surface area contributed by atoms with Gasteiger partial charge in [0.15, 0.2) is 0 Å². The second-order valence-corrected chi connectivity index (χ2v) is 8.91. The highest BCUT2D eigenvalue weighted by Crippen LogP contribution is 2.55. The van der Waals surface area contributed by atoms with Crippen LogP contribution < -0.4 is 16.8 Å². The Morgan fingerprint density at radius 3 is 2.59 bits per heavy atom. The minimum atomic E-state index is -0.485. The van der Waals surface area contributed by atoms with E-state index in [2.05, 4.69) is 22.8 Å². The van der Waals surface area contributed by atoms with Crippen molar-refractivity contribution in [2.24, 2.45) is 22.8 Å². The molecule has 3 unspecified atom stereocenters. The van der Waals surface area contributed by atoms with Gasteiger partial charge in [-0.3, -0.25) is 4.79 Å². The lowest BCUT2D eigenvalue weighted by atomic mass is 9.56. The number of amides is 1. The van der Waals surface area contributed by atoms with Gasteiger partial charge in [-0.1, -0.05) is 61.8 Å². The fraction of sp³-hybridized carbons (Fsp3) is 0.450. The summed E-state index contributed by atoms with van der Waals surface area (Å²) in [5.74, 6) is -0.919. The third-order valence-corrected chi connectivity index (χ3v) is 7.33. The molecule has 1 aliphatic heterocycles. The van der Waals surface area contributed by atoms with Crippen molar-refractivity contribution in [3.63, 3.8) is 0 Å². The zero-order chi connectivity index (χ0) is 19.0. The van der Waals surface area contributed by atoms with E-state index in [0.29, 0.717) is 4.99 Å². The third kappa shape index (κ3) is 3.17. The number of aromatic nitrogens is 1. The van der Waals surface area contributed by atoms with Gasteiger partial charge in [0.05, 0.1) is 28.7 Å². The average Bonchev–Trinajstić information content (AvgIpc) is 3.12. The second-order valence-electron chi connectivity index (χ2n) is 7.58. The summed E-state index contributed by atoms with van der Waals surface area (Å²) in [5, 5.41) is 6.19. The van der Waals surface area contributed by atoms with Crippen LogP contribution in [0.2, 0.25) is 0 Å². The first-order valence-electron chi connectivity index (χ1n) is 9.39. The molecule has 2 aliphatic rings. The molecule has 1 amide bonds. The molecule has 2 heterocycles. The molecule has 3 atom stereocenters. The topological polar surface area (TPSA) is 94.0 Å². The van der Waals surface area contributed by atoms with Gasteiger partial charge in [-0.05, 0) is 12.8 Å². The number of carbonyl (C=O) groups is 1. The number of piperidine rings is 1. The number of thiazole rings is 1. The van der Waals surface area contributed by atoms with Gasteiger partial charge in [0.1, 0.15) is 5.01 Å². The summed E-state index contributed by atoms with van der Waals surface area (Å²) < 4.78 is 0. The number of thiocarbonyl (C=S) groups is 1. The summed E-state index contributed by atoms with van der Waals surface area (Å²) in [5.41, 5.74) is 14.0. The Labute approximate surface area is 168 Å². The molecule has 2 fully saturated rings. The van der Waals surface area contributed by atoms with Crippen molar-refractivity contribution in [3.8, 4) is 11.3 Å². The van der Waals surface area contributed by atoms with Gasteiger partial charge < -0.3 is 16.8 Å². The van der Waals surface area contributed by atoms with Gasteiger partial charge in [0.25, 0.3) is 0 Å². The molecule has 1 saturated heterocycles. The fourth-order valence-electron chi connectivity index (χ4n) is 4.92. The lowest BCUT2D eigenvalue weighted by Crippen LogP contribution is -2.64. The molecule has 4 rings (SSSR count). The molecule has 1 aliphatic carbocycles. The monoisotopic (exact) mass is 400 g/mol. The van der Waals surface area contributed by atoms with Gasteiger partial charge in [-0.2, -0.15) is 0 Å². The zero-order valence-electron chi connectivity index (χ0n) is 15.1. The number of benzene rings is 1. The largest absolute Gasteiger partial charge is 0.369 e. The third-order valence-electron chi connectivity index (χ3n) is 6.05. The van der Waals surface area contributed by atoms with Crippen LogP contribution in [-0.4, -0.2) is 22.0 Å². The van der Waals surface area contributed by atoms with E-state index in [1.165, 1.54) is 6.42 Å². The number of hydrogen-bond donors (Lipinski definition) is 3. The van der Waals surface area contributed by atoms with Crippen LogP contribution in [0.15, 0.2) is 35.7 Å². The van der Waals surface area contributed by atoms with Crippen LogP contribution in [0.25, 0.3) is 11.3 Å². The fourth-order valence-corrected chi connectivity index (χ4v) is 6.51. The van der Waals surface area contributed by atoms with Crippen molar-refractivity contribution >= 4 is 34.5 Å². The van der Waals surface area contributed by atoms with Gasteiger partial charge in [-0.15, -0.1) is 11.3 Å². The van der Waals surface area contributed by atoms with Crippen LogP contribution >= 0.6 is 23.6 Å². The summed E-state index contributed by atoms with van der Waals surface area (Å²) in [7, 11) is 0. The summed E-state index contributed by atoms with van der Waals surface area (Å²) in [6, 6.07) is 10.1. The van der Waals surface area contributed by atoms with Gasteiger partial charge in [0, 0.05) is 16.4 Å². The van der Waals surface area contributed by atoms with Crippen LogP contribution in [-0.2, 0) is 4.79 Å². The molecule has 2 aromatic rings. The minimum absolute atomic E-state index is 0.0792. The molecule has 0 radical (unpaired) electrons. The van der Waals surface area contributed by atoms with Crippen LogP contribution in [0, 0.1) is 11.3 Å². The first-order chi connectivity index (χ1) is 13.0. The normalized spacial score (nSPS) is 27.3. The Morgan fingerprint density at radius 2 is 1.93 bits per heavy atom. The number of nitrogens with zero attached hydrogens (tertiary/aromatic N) is 1. The molecule has 7 heteroatoms. The van der Waals surface area contributed by atoms with E-state index in [1.54, 1.807) is 11.3 Å². The smallest absolute Gasteiger partial charge is 0.227 e. The number of nitrogens with one attached hydrogen (secondary N) is 1. The summed E-state index contributed by atoms with van der Waals surface area (Å²) in [6.45, 7) is 0. The predicted molar refractivity (Wildman–Crippen MR) is 112 cm³/mol. The maximum Gasteiger partial charge on any atom is 0.227 e. The van der Waals surface area contributed by atoms with Crippen molar-refractivity contribution in [2.45, 2.75) is 44.2 Å². The summed E-state index contributed by atoms with van der Waals surface area (Å²) >= 11 is 7.12. The first-order valence-corrected chi connectivity index (χ1v) is 10.7. The van der Waals surface area contributed by atoms with Gasteiger partial charge in [0.2, 0.25) is 5.91 Å². The first kappa shape index (κ1) is 18.5. The van der Waals surface area contributed by atoms with Crippen molar-refractivity contribution in [2.75, 3.05) is 0 Å². The van der Waals surface area contributed by atoms with E-state index in [9.17, 15) is 4.79 Å². The highest BCUT2D eigenvalue weighted by molar-refractivity contribution is 7.80. The van der Waals surface area contributed by atoms with E-state index >= 15 is 0 Å². The molecule has 5 N–H and O–H groups in total. The Morgan fingerprint density at radius 1 is 1.22 bits per heavy atom. The Bertz CT molecular complexity index is 845. The number of hydrogen-bond acceptors (Lipinski definition) is 5. The van der Waals surface area contributed by atoms with Crippen LogP contribution in [0.5, 0.6) is 0 Å². The Hall–Kier alpha value is -1.83. The van der Waals surface area contributed by atoms with Crippen LogP contribution in [0.1, 0.15) is 43.0 Å². The van der Waals surface area contributed by atoms with Crippen molar-refractivity contribution in [1.29, 1.82) is 0 Å². The number of rotatable bonds is 3. The molecule has 1 aromatic carbocycles. The standard InChI is InChI=1S/C20H24N4OS2/c21-16-14(19-23-13(11-27-19)12-7-3-1-4-8-12)20(9-5-2-6-10-20)15(17(22)25)18(26)24-16/h1,3-4,7-8,11,14-16H,2,5-6,9-10,21H2,(H2,22,25)(H,24,26). The molecular formula is C20H24N4OS2. The van der Waals surface area contributed by atoms with Gasteiger partial charge >= 0.3 is 0 Å². The lowest BCUT2D eigenvalue weighted by Gasteiger charge is -2.52. The van der Waals surface area contributed by atoms with Gasteiger partial charge in [-0.25, -0.2) is 4.98 Å². The average molecular weight is 401 g/mol. The number of primary amides is 1. The van der Waals surface area contributed by atoms with E-state index < -0.39 is 5.92 Å². The molecule has 0 bridgehead atoms. The highest BCUT2D eigenvalue weighted by Gasteiger charge is 2.56.